The lowest BCUT2D eigenvalue weighted by atomic mass is 10.2. The normalized spacial score (nSPS) is 14.0. The first-order chi connectivity index (χ1) is 11.2. The Bertz CT molecular complexity index is 536. The van der Waals surface area contributed by atoms with Crippen LogP contribution in [0, 0.1) is 0 Å². The SMILES string of the molecule is O=C(O)CCSSCCNC(=O)c1cccnc1N1CCCC1. The number of carbonyl (C=O) groups excluding carboxylic acids is 1. The Morgan fingerprint density at radius 3 is 2.74 bits per heavy atom. The number of carboxylic acids is 1. The Morgan fingerprint density at radius 2 is 2.00 bits per heavy atom. The maximum Gasteiger partial charge on any atom is 0.304 e. The van der Waals surface area contributed by atoms with E-state index in [-0.39, 0.29) is 12.3 Å². The fourth-order valence-corrected chi connectivity index (χ4v) is 4.19. The minimum atomic E-state index is -0.780. The summed E-state index contributed by atoms with van der Waals surface area (Å²) in [5, 5.41) is 11.4. The zero-order valence-electron chi connectivity index (χ0n) is 12.9. The first-order valence-corrected chi connectivity index (χ1v) is 10.1. The highest BCUT2D eigenvalue weighted by Crippen LogP contribution is 2.23. The summed E-state index contributed by atoms with van der Waals surface area (Å²) in [5.74, 6) is 1.21. The van der Waals surface area contributed by atoms with Crippen LogP contribution in [-0.4, -0.2) is 53.1 Å². The van der Waals surface area contributed by atoms with Crippen molar-refractivity contribution >= 4 is 39.3 Å². The zero-order valence-corrected chi connectivity index (χ0v) is 14.5. The highest BCUT2D eigenvalue weighted by atomic mass is 33.1. The molecule has 0 spiro atoms. The molecule has 23 heavy (non-hydrogen) atoms. The lowest BCUT2D eigenvalue weighted by Crippen LogP contribution is -2.29. The monoisotopic (exact) mass is 355 g/mol. The third-order valence-electron chi connectivity index (χ3n) is 3.39. The van der Waals surface area contributed by atoms with Gasteiger partial charge < -0.3 is 15.3 Å². The van der Waals surface area contributed by atoms with Crippen molar-refractivity contribution in [3.63, 3.8) is 0 Å². The van der Waals surface area contributed by atoms with Crippen LogP contribution in [0.4, 0.5) is 5.82 Å². The van der Waals surface area contributed by atoms with E-state index in [1.54, 1.807) is 23.1 Å². The highest BCUT2D eigenvalue weighted by Gasteiger charge is 2.20. The van der Waals surface area contributed by atoms with Gasteiger partial charge in [0.15, 0.2) is 0 Å². The number of anilines is 1. The molecule has 8 heteroatoms. The summed E-state index contributed by atoms with van der Waals surface area (Å²) in [6, 6.07) is 3.59. The number of nitrogens with zero attached hydrogens (tertiary/aromatic N) is 2. The van der Waals surface area contributed by atoms with E-state index in [0.29, 0.717) is 17.9 Å². The summed E-state index contributed by atoms with van der Waals surface area (Å²) >= 11 is 0. The van der Waals surface area contributed by atoms with Gasteiger partial charge in [0.25, 0.3) is 5.91 Å². The molecule has 2 rings (SSSR count). The molecule has 0 atom stereocenters. The van der Waals surface area contributed by atoms with E-state index >= 15 is 0 Å². The second-order valence-electron chi connectivity index (χ2n) is 5.11. The topological polar surface area (TPSA) is 82.5 Å². The summed E-state index contributed by atoms with van der Waals surface area (Å²) in [7, 11) is 3.09. The fraction of sp³-hybridized carbons (Fsp3) is 0.533. The van der Waals surface area contributed by atoms with E-state index < -0.39 is 5.97 Å². The lowest BCUT2D eigenvalue weighted by molar-refractivity contribution is -0.136. The highest BCUT2D eigenvalue weighted by molar-refractivity contribution is 8.76. The van der Waals surface area contributed by atoms with Gasteiger partial charge in [-0.3, -0.25) is 9.59 Å². The minimum Gasteiger partial charge on any atom is -0.481 e. The van der Waals surface area contributed by atoms with E-state index in [2.05, 4.69) is 15.2 Å². The predicted octanol–water partition coefficient (Wildman–Crippen LogP) is 2.27. The van der Waals surface area contributed by atoms with Crippen molar-refractivity contribution in [1.82, 2.24) is 10.3 Å². The number of hydrogen-bond acceptors (Lipinski definition) is 6. The molecule has 1 aromatic rings. The Morgan fingerprint density at radius 1 is 1.26 bits per heavy atom. The summed E-state index contributed by atoms with van der Waals surface area (Å²) in [4.78, 5) is 29.2. The lowest BCUT2D eigenvalue weighted by Gasteiger charge is -2.19. The molecular formula is C15H21N3O3S2. The van der Waals surface area contributed by atoms with Crippen LogP contribution in [0.15, 0.2) is 18.3 Å². The number of nitrogens with one attached hydrogen (secondary N) is 1. The molecule has 0 aromatic carbocycles. The van der Waals surface area contributed by atoms with Crippen molar-refractivity contribution in [2.45, 2.75) is 19.3 Å². The van der Waals surface area contributed by atoms with Gasteiger partial charge in [-0.2, -0.15) is 0 Å². The molecule has 1 fully saturated rings. The molecule has 6 nitrogen and oxygen atoms in total. The third kappa shape index (κ3) is 5.95. The average molecular weight is 355 g/mol. The summed E-state index contributed by atoms with van der Waals surface area (Å²) in [5.41, 5.74) is 0.623. The Kier molecular flexibility index (Phi) is 7.54. The van der Waals surface area contributed by atoms with Crippen molar-refractivity contribution < 1.29 is 14.7 Å². The van der Waals surface area contributed by atoms with Crippen LogP contribution in [0.25, 0.3) is 0 Å². The second-order valence-corrected chi connectivity index (χ2v) is 7.81. The van der Waals surface area contributed by atoms with Gasteiger partial charge in [-0.1, -0.05) is 21.6 Å². The molecule has 1 aliphatic rings. The number of pyridine rings is 1. The quantitative estimate of drug-likeness (QED) is 0.519. The van der Waals surface area contributed by atoms with Crippen LogP contribution in [0.3, 0.4) is 0 Å². The third-order valence-corrected chi connectivity index (χ3v) is 5.80. The molecule has 0 radical (unpaired) electrons. The summed E-state index contributed by atoms with van der Waals surface area (Å²) in [6.45, 7) is 2.46. The van der Waals surface area contributed by atoms with Crippen molar-refractivity contribution in [3.05, 3.63) is 23.9 Å². The van der Waals surface area contributed by atoms with Crippen LogP contribution in [0.1, 0.15) is 29.6 Å². The van der Waals surface area contributed by atoms with Crippen molar-refractivity contribution in [2.24, 2.45) is 0 Å². The van der Waals surface area contributed by atoms with Crippen molar-refractivity contribution in [3.8, 4) is 0 Å². The maximum atomic E-state index is 12.3. The van der Waals surface area contributed by atoms with Crippen LogP contribution >= 0.6 is 21.6 Å². The van der Waals surface area contributed by atoms with E-state index in [4.69, 9.17) is 5.11 Å². The van der Waals surface area contributed by atoms with Gasteiger partial charge in [-0.05, 0) is 25.0 Å². The number of rotatable bonds is 9. The number of aromatic nitrogens is 1. The summed E-state index contributed by atoms with van der Waals surface area (Å²) < 4.78 is 0. The molecule has 1 aromatic heterocycles. The van der Waals surface area contributed by atoms with Gasteiger partial charge in [0.05, 0.1) is 12.0 Å². The number of hydrogen-bond donors (Lipinski definition) is 2. The summed E-state index contributed by atoms with van der Waals surface area (Å²) in [6.07, 6.45) is 4.17. The van der Waals surface area contributed by atoms with Gasteiger partial charge in [0.2, 0.25) is 0 Å². The fourth-order valence-electron chi connectivity index (χ4n) is 2.30. The second kappa shape index (κ2) is 9.67. The van der Waals surface area contributed by atoms with Crippen LogP contribution in [0.5, 0.6) is 0 Å². The number of carboxylic acid groups (broad SMARTS) is 1. The molecule has 2 heterocycles. The van der Waals surface area contributed by atoms with E-state index in [1.807, 2.05) is 6.07 Å². The Hall–Kier alpha value is -1.41. The van der Waals surface area contributed by atoms with E-state index in [1.165, 1.54) is 10.8 Å². The maximum absolute atomic E-state index is 12.3. The molecule has 1 aliphatic heterocycles. The van der Waals surface area contributed by atoms with Crippen molar-refractivity contribution in [2.75, 3.05) is 36.0 Å². The van der Waals surface area contributed by atoms with Crippen LogP contribution in [-0.2, 0) is 4.79 Å². The number of carbonyl (C=O) groups is 2. The molecule has 1 saturated heterocycles. The van der Waals surface area contributed by atoms with Gasteiger partial charge in [-0.15, -0.1) is 0 Å². The molecule has 1 amide bonds. The molecule has 0 unspecified atom stereocenters. The standard InChI is InChI=1S/C15H21N3O3S2/c19-13(20)5-10-22-23-11-7-17-15(21)12-4-3-6-16-14(12)18-8-1-2-9-18/h3-4,6H,1-2,5,7-11H2,(H,17,21)(H,19,20). The molecular weight excluding hydrogens is 334 g/mol. The average Bonchev–Trinajstić information content (AvgIpc) is 3.08. The smallest absolute Gasteiger partial charge is 0.304 e. The zero-order chi connectivity index (χ0) is 16.5. The Labute approximate surface area is 143 Å². The van der Waals surface area contributed by atoms with Crippen LogP contribution < -0.4 is 10.2 Å². The predicted molar refractivity (Wildman–Crippen MR) is 95.2 cm³/mol. The number of amides is 1. The van der Waals surface area contributed by atoms with Gasteiger partial charge >= 0.3 is 5.97 Å². The first kappa shape index (κ1) is 17.9. The molecule has 126 valence electrons. The van der Waals surface area contributed by atoms with Crippen molar-refractivity contribution in [1.29, 1.82) is 0 Å². The van der Waals surface area contributed by atoms with Gasteiger partial charge in [-0.25, -0.2) is 4.98 Å². The molecule has 0 aliphatic carbocycles. The Balaban J connectivity index is 1.74. The minimum absolute atomic E-state index is 0.101. The first-order valence-electron chi connectivity index (χ1n) is 7.63. The van der Waals surface area contributed by atoms with E-state index in [0.717, 1.165) is 37.5 Å². The largest absolute Gasteiger partial charge is 0.481 e. The number of aliphatic carboxylic acids is 1. The van der Waals surface area contributed by atoms with Crippen LogP contribution in [0.2, 0.25) is 0 Å². The molecule has 0 saturated carbocycles. The van der Waals surface area contributed by atoms with E-state index in [9.17, 15) is 9.59 Å². The van der Waals surface area contributed by atoms with Gasteiger partial charge in [0, 0.05) is 37.3 Å². The molecule has 0 bridgehead atoms. The van der Waals surface area contributed by atoms with Gasteiger partial charge in [0.1, 0.15) is 5.82 Å². The molecule has 2 N–H and O–H groups in total.